The molecule has 0 aromatic carbocycles. The van der Waals surface area contributed by atoms with Crippen LogP contribution >= 0.6 is 0 Å². The van der Waals surface area contributed by atoms with Gasteiger partial charge in [0.1, 0.15) is 6.10 Å². The molecule has 1 aliphatic carbocycles. The lowest BCUT2D eigenvalue weighted by atomic mass is 9.85. The minimum atomic E-state index is -0.575. The number of methoxy groups -OCH3 is 1. The van der Waals surface area contributed by atoms with Gasteiger partial charge in [0.2, 0.25) is 0 Å². The predicted octanol–water partition coefficient (Wildman–Crippen LogP) is 3.05. The van der Waals surface area contributed by atoms with E-state index in [0.717, 1.165) is 31.2 Å². The van der Waals surface area contributed by atoms with Gasteiger partial charge >= 0.3 is 0 Å². The summed E-state index contributed by atoms with van der Waals surface area (Å²) < 4.78 is 10.7. The van der Waals surface area contributed by atoms with Crippen LogP contribution in [0.15, 0.2) is 23.0 Å². The SMILES string of the molecule is COC1(C(O)c2ccoc2)CCCCCC1. The van der Waals surface area contributed by atoms with E-state index in [1.165, 1.54) is 12.8 Å². The molecule has 1 saturated carbocycles. The summed E-state index contributed by atoms with van der Waals surface area (Å²) in [4.78, 5) is 0. The Labute approximate surface area is 96.4 Å². The van der Waals surface area contributed by atoms with Crippen molar-refractivity contribution in [1.82, 2.24) is 0 Å². The highest BCUT2D eigenvalue weighted by molar-refractivity contribution is 5.14. The summed E-state index contributed by atoms with van der Waals surface area (Å²) in [6, 6.07) is 1.82. The highest BCUT2D eigenvalue weighted by atomic mass is 16.5. The second kappa shape index (κ2) is 5.02. The average molecular weight is 224 g/mol. The molecule has 0 radical (unpaired) electrons. The first-order valence-electron chi connectivity index (χ1n) is 6.04. The van der Waals surface area contributed by atoms with Crippen LogP contribution in [-0.2, 0) is 4.74 Å². The maximum atomic E-state index is 10.4. The molecular weight excluding hydrogens is 204 g/mol. The van der Waals surface area contributed by atoms with Crippen molar-refractivity contribution >= 4 is 0 Å². The number of furan rings is 1. The molecule has 0 spiro atoms. The summed E-state index contributed by atoms with van der Waals surface area (Å²) in [5.41, 5.74) is 0.407. The molecule has 1 fully saturated rings. The summed E-state index contributed by atoms with van der Waals surface area (Å²) in [6.45, 7) is 0. The zero-order valence-electron chi connectivity index (χ0n) is 9.82. The molecular formula is C13H20O3. The van der Waals surface area contributed by atoms with E-state index in [4.69, 9.17) is 9.15 Å². The summed E-state index contributed by atoms with van der Waals surface area (Å²) in [7, 11) is 1.70. The Morgan fingerprint density at radius 2 is 2.00 bits per heavy atom. The largest absolute Gasteiger partial charge is 0.472 e. The quantitative estimate of drug-likeness (QED) is 0.802. The van der Waals surface area contributed by atoms with Crippen molar-refractivity contribution in [2.45, 2.75) is 50.2 Å². The van der Waals surface area contributed by atoms with Crippen LogP contribution in [0.1, 0.15) is 50.2 Å². The Balaban J connectivity index is 2.18. The maximum Gasteiger partial charge on any atom is 0.111 e. The minimum absolute atomic E-state index is 0.416. The van der Waals surface area contributed by atoms with Gasteiger partial charge < -0.3 is 14.3 Å². The Hall–Kier alpha value is -0.800. The molecule has 1 aliphatic rings. The van der Waals surface area contributed by atoms with Gasteiger partial charge in [0.05, 0.1) is 18.1 Å². The van der Waals surface area contributed by atoms with E-state index in [-0.39, 0.29) is 0 Å². The van der Waals surface area contributed by atoms with Crippen LogP contribution in [-0.4, -0.2) is 17.8 Å². The van der Waals surface area contributed by atoms with Crippen LogP contribution in [0.2, 0.25) is 0 Å². The number of aliphatic hydroxyl groups is 1. The van der Waals surface area contributed by atoms with Gasteiger partial charge in [-0.1, -0.05) is 25.7 Å². The molecule has 0 aliphatic heterocycles. The normalized spacial score (nSPS) is 22.6. The lowest BCUT2D eigenvalue weighted by Gasteiger charge is -2.35. The van der Waals surface area contributed by atoms with Crippen molar-refractivity contribution in [3.05, 3.63) is 24.2 Å². The van der Waals surface area contributed by atoms with Gasteiger partial charge in [-0.25, -0.2) is 0 Å². The fourth-order valence-electron chi connectivity index (χ4n) is 2.65. The smallest absolute Gasteiger partial charge is 0.111 e. The number of hydrogen-bond acceptors (Lipinski definition) is 3. The first-order valence-corrected chi connectivity index (χ1v) is 6.04. The zero-order valence-corrected chi connectivity index (χ0v) is 9.82. The molecule has 1 aromatic rings. The standard InChI is InChI=1S/C13H20O3/c1-15-13(7-4-2-3-5-8-13)12(14)11-6-9-16-10-11/h6,9-10,12,14H,2-5,7-8H2,1H3. The first-order chi connectivity index (χ1) is 7.78. The second-order valence-electron chi connectivity index (χ2n) is 4.64. The van der Waals surface area contributed by atoms with Gasteiger partial charge in [0.15, 0.2) is 0 Å². The van der Waals surface area contributed by atoms with Crippen LogP contribution in [0, 0.1) is 0 Å². The Morgan fingerprint density at radius 1 is 1.31 bits per heavy atom. The van der Waals surface area contributed by atoms with Crippen molar-refractivity contribution in [1.29, 1.82) is 0 Å². The Bertz CT molecular complexity index is 297. The van der Waals surface area contributed by atoms with Crippen LogP contribution in [0.3, 0.4) is 0 Å². The van der Waals surface area contributed by atoms with Gasteiger partial charge in [0.25, 0.3) is 0 Å². The molecule has 1 heterocycles. The summed E-state index contributed by atoms with van der Waals surface area (Å²) in [5, 5.41) is 10.4. The number of aliphatic hydroxyl groups excluding tert-OH is 1. The van der Waals surface area contributed by atoms with E-state index in [2.05, 4.69) is 0 Å². The zero-order chi connectivity index (χ0) is 11.4. The Morgan fingerprint density at radius 3 is 2.50 bits per heavy atom. The van der Waals surface area contributed by atoms with Crippen molar-refractivity contribution < 1.29 is 14.3 Å². The Kier molecular flexibility index (Phi) is 3.66. The summed E-state index contributed by atoms with van der Waals surface area (Å²) in [6.07, 6.45) is 9.22. The van der Waals surface area contributed by atoms with Gasteiger partial charge in [0, 0.05) is 12.7 Å². The fraction of sp³-hybridized carbons (Fsp3) is 0.692. The van der Waals surface area contributed by atoms with Crippen molar-refractivity contribution in [3.63, 3.8) is 0 Å². The van der Waals surface area contributed by atoms with Gasteiger partial charge in [-0.15, -0.1) is 0 Å². The minimum Gasteiger partial charge on any atom is -0.472 e. The molecule has 0 amide bonds. The lowest BCUT2D eigenvalue weighted by molar-refractivity contribution is -0.114. The number of ether oxygens (including phenoxy) is 1. The maximum absolute atomic E-state index is 10.4. The molecule has 3 heteroatoms. The van der Waals surface area contributed by atoms with Crippen molar-refractivity contribution in [2.75, 3.05) is 7.11 Å². The topological polar surface area (TPSA) is 42.6 Å². The van der Waals surface area contributed by atoms with Crippen LogP contribution in [0.4, 0.5) is 0 Å². The highest BCUT2D eigenvalue weighted by Gasteiger charge is 2.39. The van der Waals surface area contributed by atoms with E-state index in [1.807, 2.05) is 6.07 Å². The molecule has 0 saturated heterocycles. The third-order valence-corrected chi connectivity index (χ3v) is 3.71. The molecule has 1 unspecified atom stereocenters. The van der Waals surface area contributed by atoms with E-state index in [9.17, 15) is 5.11 Å². The van der Waals surface area contributed by atoms with Gasteiger partial charge in [-0.2, -0.15) is 0 Å². The van der Waals surface area contributed by atoms with E-state index >= 15 is 0 Å². The van der Waals surface area contributed by atoms with Crippen LogP contribution in [0.25, 0.3) is 0 Å². The summed E-state index contributed by atoms with van der Waals surface area (Å²) >= 11 is 0. The van der Waals surface area contributed by atoms with Crippen LogP contribution < -0.4 is 0 Å². The molecule has 0 bridgehead atoms. The average Bonchev–Trinajstić information content (AvgIpc) is 2.73. The van der Waals surface area contributed by atoms with Gasteiger partial charge in [-0.3, -0.25) is 0 Å². The molecule has 2 rings (SSSR count). The second-order valence-corrected chi connectivity index (χ2v) is 4.64. The molecule has 90 valence electrons. The fourth-order valence-corrected chi connectivity index (χ4v) is 2.65. The molecule has 1 atom stereocenters. The van der Waals surface area contributed by atoms with Crippen molar-refractivity contribution in [3.8, 4) is 0 Å². The lowest BCUT2D eigenvalue weighted by Crippen LogP contribution is -2.38. The third-order valence-electron chi connectivity index (χ3n) is 3.71. The first kappa shape index (κ1) is 11.7. The monoisotopic (exact) mass is 224 g/mol. The van der Waals surface area contributed by atoms with Crippen LogP contribution in [0.5, 0.6) is 0 Å². The summed E-state index contributed by atoms with van der Waals surface area (Å²) in [5.74, 6) is 0. The van der Waals surface area contributed by atoms with Gasteiger partial charge in [-0.05, 0) is 18.9 Å². The molecule has 16 heavy (non-hydrogen) atoms. The number of hydrogen-bond donors (Lipinski definition) is 1. The van der Waals surface area contributed by atoms with E-state index in [0.29, 0.717) is 0 Å². The van der Waals surface area contributed by atoms with E-state index < -0.39 is 11.7 Å². The number of rotatable bonds is 3. The van der Waals surface area contributed by atoms with E-state index in [1.54, 1.807) is 19.6 Å². The predicted molar refractivity (Wildman–Crippen MR) is 61.1 cm³/mol. The highest BCUT2D eigenvalue weighted by Crippen LogP contribution is 2.40. The molecule has 3 nitrogen and oxygen atoms in total. The van der Waals surface area contributed by atoms with Crippen molar-refractivity contribution in [2.24, 2.45) is 0 Å². The molecule has 1 N–H and O–H groups in total. The third kappa shape index (κ3) is 2.15. The molecule has 1 aromatic heterocycles.